The molecule has 5 nitrogen and oxygen atoms in total. The highest BCUT2D eigenvalue weighted by Crippen LogP contribution is 2.34. The zero-order chi connectivity index (χ0) is 16.7. The van der Waals surface area contributed by atoms with Crippen molar-refractivity contribution in [3.05, 3.63) is 66.2 Å². The zero-order valence-electron chi connectivity index (χ0n) is 13.2. The van der Waals surface area contributed by atoms with Gasteiger partial charge in [-0.05, 0) is 24.6 Å². The third kappa shape index (κ3) is 2.17. The molecule has 2 heterocycles. The Bertz CT molecular complexity index is 930. The maximum atomic E-state index is 12.6. The number of amides is 1. The molecule has 0 spiro atoms. The Balaban J connectivity index is 1.64. The Morgan fingerprint density at radius 2 is 1.79 bits per heavy atom. The van der Waals surface area contributed by atoms with E-state index in [9.17, 15) is 9.59 Å². The standard InChI is InChI=1S/C19H16N2O3/c1-13-18(22)21-16-10-6-5-9-15(16)11-17(21)20(13)19(23)24-12-14-7-3-2-4-8-14/h2-11,13H,12H2,1H3/t13-/m0/s1. The van der Waals surface area contributed by atoms with Gasteiger partial charge in [0, 0.05) is 5.39 Å². The second-order valence-corrected chi connectivity index (χ2v) is 5.82. The third-order valence-corrected chi connectivity index (χ3v) is 4.31. The van der Waals surface area contributed by atoms with Gasteiger partial charge in [-0.1, -0.05) is 48.5 Å². The molecule has 3 aromatic rings. The van der Waals surface area contributed by atoms with Crippen LogP contribution in [-0.2, 0) is 11.3 Å². The summed E-state index contributed by atoms with van der Waals surface area (Å²) in [5.41, 5.74) is 1.72. The minimum absolute atomic E-state index is 0.122. The average Bonchev–Trinajstić information content (AvgIpc) is 3.09. The van der Waals surface area contributed by atoms with Crippen LogP contribution in [0.4, 0.5) is 10.6 Å². The summed E-state index contributed by atoms with van der Waals surface area (Å²) in [6.07, 6.45) is -0.513. The second kappa shape index (κ2) is 5.53. The molecule has 0 saturated carbocycles. The fourth-order valence-electron chi connectivity index (χ4n) is 3.09. The number of carbonyl (C=O) groups is 2. The van der Waals surface area contributed by atoms with Crippen LogP contribution < -0.4 is 4.90 Å². The van der Waals surface area contributed by atoms with Gasteiger partial charge in [-0.25, -0.2) is 4.79 Å². The van der Waals surface area contributed by atoms with Crippen LogP contribution in [-0.4, -0.2) is 22.6 Å². The second-order valence-electron chi connectivity index (χ2n) is 5.82. The Morgan fingerprint density at radius 3 is 2.58 bits per heavy atom. The van der Waals surface area contributed by atoms with E-state index < -0.39 is 12.1 Å². The molecule has 0 bridgehead atoms. The first-order valence-corrected chi connectivity index (χ1v) is 7.81. The molecule has 0 aliphatic carbocycles. The van der Waals surface area contributed by atoms with Gasteiger partial charge in [-0.2, -0.15) is 0 Å². The summed E-state index contributed by atoms with van der Waals surface area (Å²) in [5.74, 6) is 0.439. The van der Waals surface area contributed by atoms with Gasteiger partial charge in [-0.15, -0.1) is 0 Å². The van der Waals surface area contributed by atoms with Gasteiger partial charge in [0.15, 0.2) is 0 Å². The number of hydrogen-bond donors (Lipinski definition) is 0. The SMILES string of the molecule is C[C@H]1C(=O)n2c(cc3ccccc32)N1C(=O)OCc1ccccc1. The number of ether oxygens (including phenoxy) is 1. The topological polar surface area (TPSA) is 51.5 Å². The first-order chi connectivity index (χ1) is 11.7. The Morgan fingerprint density at radius 1 is 1.08 bits per heavy atom. The van der Waals surface area contributed by atoms with Crippen molar-refractivity contribution in [1.29, 1.82) is 0 Å². The Kier molecular flexibility index (Phi) is 3.34. The number of para-hydroxylation sites is 1. The molecule has 24 heavy (non-hydrogen) atoms. The number of hydrogen-bond acceptors (Lipinski definition) is 3. The first kappa shape index (κ1) is 14.5. The van der Waals surface area contributed by atoms with E-state index in [1.807, 2.05) is 60.7 Å². The number of carbonyl (C=O) groups excluding carboxylic acids is 2. The molecule has 0 N–H and O–H groups in total. The van der Waals surface area contributed by atoms with E-state index in [-0.39, 0.29) is 12.5 Å². The van der Waals surface area contributed by atoms with Crippen LogP contribution in [0, 0.1) is 0 Å². The summed E-state index contributed by atoms with van der Waals surface area (Å²) in [7, 11) is 0. The van der Waals surface area contributed by atoms with Gasteiger partial charge in [-0.3, -0.25) is 14.3 Å². The maximum Gasteiger partial charge on any atom is 0.416 e. The van der Waals surface area contributed by atoms with E-state index in [0.717, 1.165) is 16.5 Å². The molecule has 1 aliphatic rings. The van der Waals surface area contributed by atoms with Crippen LogP contribution in [0.5, 0.6) is 0 Å². The van der Waals surface area contributed by atoms with Crippen LogP contribution in [0.3, 0.4) is 0 Å². The molecule has 0 radical (unpaired) electrons. The summed E-state index contributed by atoms with van der Waals surface area (Å²) in [6, 6.07) is 18.3. The lowest BCUT2D eigenvalue weighted by Gasteiger charge is -2.19. The molecule has 2 aromatic carbocycles. The molecule has 1 atom stereocenters. The predicted octanol–water partition coefficient (Wildman–Crippen LogP) is 3.83. The highest BCUT2D eigenvalue weighted by molar-refractivity contribution is 6.10. The highest BCUT2D eigenvalue weighted by atomic mass is 16.6. The Labute approximate surface area is 139 Å². The number of rotatable bonds is 2. The number of benzene rings is 2. The van der Waals surface area contributed by atoms with E-state index in [2.05, 4.69) is 0 Å². The van der Waals surface area contributed by atoms with Crippen LogP contribution in [0.15, 0.2) is 60.7 Å². The quantitative estimate of drug-likeness (QED) is 0.721. The van der Waals surface area contributed by atoms with E-state index in [4.69, 9.17) is 4.74 Å². The van der Waals surface area contributed by atoms with Gasteiger partial charge in [0.05, 0.1) is 5.52 Å². The lowest BCUT2D eigenvalue weighted by molar-refractivity contribution is 0.0904. The van der Waals surface area contributed by atoms with Crippen molar-refractivity contribution in [2.45, 2.75) is 19.6 Å². The summed E-state index contributed by atoms with van der Waals surface area (Å²) in [4.78, 5) is 26.5. The molecule has 0 saturated heterocycles. The minimum Gasteiger partial charge on any atom is -0.444 e. The van der Waals surface area contributed by atoms with Gasteiger partial charge < -0.3 is 4.74 Å². The summed E-state index contributed by atoms with van der Waals surface area (Å²) >= 11 is 0. The summed E-state index contributed by atoms with van der Waals surface area (Å²) < 4.78 is 6.99. The molecule has 5 heteroatoms. The monoisotopic (exact) mass is 320 g/mol. The van der Waals surface area contributed by atoms with Crippen LogP contribution in [0.2, 0.25) is 0 Å². The Hall–Kier alpha value is -3.08. The van der Waals surface area contributed by atoms with Crippen molar-refractivity contribution in [2.24, 2.45) is 0 Å². The van der Waals surface area contributed by atoms with E-state index in [1.165, 1.54) is 4.90 Å². The lowest BCUT2D eigenvalue weighted by Crippen LogP contribution is -2.38. The molecular weight excluding hydrogens is 304 g/mol. The molecule has 120 valence electrons. The minimum atomic E-state index is -0.576. The smallest absolute Gasteiger partial charge is 0.416 e. The first-order valence-electron chi connectivity index (χ1n) is 7.81. The molecule has 1 amide bonds. The number of aromatic nitrogens is 1. The molecule has 1 aromatic heterocycles. The largest absolute Gasteiger partial charge is 0.444 e. The van der Waals surface area contributed by atoms with E-state index in [0.29, 0.717) is 5.82 Å². The maximum absolute atomic E-state index is 12.6. The van der Waals surface area contributed by atoms with Crippen molar-refractivity contribution < 1.29 is 14.3 Å². The molecule has 1 aliphatic heterocycles. The lowest BCUT2D eigenvalue weighted by atomic mass is 10.2. The van der Waals surface area contributed by atoms with Crippen LogP contribution in [0.1, 0.15) is 17.3 Å². The van der Waals surface area contributed by atoms with Crippen molar-refractivity contribution in [1.82, 2.24) is 4.57 Å². The average molecular weight is 320 g/mol. The number of nitrogens with zero attached hydrogens (tertiary/aromatic N) is 2. The summed E-state index contributed by atoms with van der Waals surface area (Å²) in [5, 5.41) is 0.925. The van der Waals surface area contributed by atoms with E-state index >= 15 is 0 Å². The molecule has 0 fully saturated rings. The van der Waals surface area contributed by atoms with Crippen LogP contribution >= 0.6 is 0 Å². The van der Waals surface area contributed by atoms with Crippen molar-refractivity contribution in [2.75, 3.05) is 4.90 Å². The predicted molar refractivity (Wildman–Crippen MR) is 91.1 cm³/mol. The van der Waals surface area contributed by atoms with Crippen molar-refractivity contribution in [3.8, 4) is 0 Å². The third-order valence-electron chi connectivity index (χ3n) is 4.31. The highest BCUT2D eigenvalue weighted by Gasteiger charge is 2.40. The number of anilines is 1. The normalized spacial score (nSPS) is 16.5. The van der Waals surface area contributed by atoms with Crippen LogP contribution in [0.25, 0.3) is 10.9 Å². The van der Waals surface area contributed by atoms with Gasteiger partial charge in [0.2, 0.25) is 0 Å². The van der Waals surface area contributed by atoms with Gasteiger partial charge in [0.1, 0.15) is 18.5 Å². The fourth-order valence-corrected chi connectivity index (χ4v) is 3.09. The van der Waals surface area contributed by atoms with Crippen molar-refractivity contribution >= 4 is 28.7 Å². The zero-order valence-corrected chi connectivity index (χ0v) is 13.2. The molecule has 0 unspecified atom stereocenters. The number of fused-ring (bicyclic) bond motifs is 3. The summed E-state index contributed by atoms with van der Waals surface area (Å²) in [6.45, 7) is 1.89. The van der Waals surface area contributed by atoms with Crippen molar-refractivity contribution in [3.63, 3.8) is 0 Å². The molecule has 4 rings (SSSR count). The fraction of sp³-hybridized carbons (Fsp3) is 0.158. The molecular formula is C19H16N2O3. The van der Waals surface area contributed by atoms with E-state index in [1.54, 1.807) is 11.5 Å². The van der Waals surface area contributed by atoms with Gasteiger partial charge in [0.25, 0.3) is 5.91 Å². The van der Waals surface area contributed by atoms with Gasteiger partial charge >= 0.3 is 6.09 Å².